The van der Waals surface area contributed by atoms with Crippen LogP contribution in [0.4, 0.5) is 17.1 Å². The summed E-state index contributed by atoms with van der Waals surface area (Å²) in [6, 6.07) is 11.4. The molecule has 0 aliphatic carbocycles. The molecule has 1 aliphatic heterocycles. The first kappa shape index (κ1) is 18.5. The highest BCUT2D eigenvalue weighted by Gasteiger charge is 2.31. The van der Waals surface area contributed by atoms with Crippen LogP contribution in [0.2, 0.25) is 0 Å². The van der Waals surface area contributed by atoms with E-state index in [2.05, 4.69) is 5.32 Å². The van der Waals surface area contributed by atoms with E-state index in [1.165, 1.54) is 36.4 Å². The molecule has 10 heteroatoms. The molecule has 2 amide bonds. The van der Waals surface area contributed by atoms with Gasteiger partial charge in [0.05, 0.1) is 21.3 Å². The number of sulfone groups is 1. The van der Waals surface area contributed by atoms with E-state index in [1.54, 1.807) is 12.1 Å². The van der Waals surface area contributed by atoms with Gasteiger partial charge < -0.3 is 10.2 Å². The van der Waals surface area contributed by atoms with Gasteiger partial charge in [0.2, 0.25) is 11.8 Å². The number of nitro benzene ring substituents is 1. The molecule has 3 rings (SSSR count). The number of amides is 2. The number of hydrogen-bond acceptors (Lipinski definition) is 6. The molecule has 1 aliphatic rings. The van der Waals surface area contributed by atoms with Crippen molar-refractivity contribution in [3.63, 3.8) is 0 Å². The summed E-state index contributed by atoms with van der Waals surface area (Å²) in [4.78, 5) is 36.1. The molecule has 0 atom stereocenters. The molecule has 0 saturated heterocycles. The van der Waals surface area contributed by atoms with Gasteiger partial charge in [-0.15, -0.1) is 0 Å². The minimum atomic E-state index is -3.62. The maximum Gasteiger partial charge on any atom is 0.271 e. The lowest BCUT2D eigenvalue weighted by molar-refractivity contribution is -0.384. The molecule has 27 heavy (non-hydrogen) atoms. The van der Waals surface area contributed by atoms with Gasteiger partial charge in [-0.2, -0.15) is 0 Å². The number of nitro groups is 1. The highest BCUT2D eigenvalue weighted by Crippen LogP contribution is 2.30. The van der Waals surface area contributed by atoms with Crippen LogP contribution >= 0.6 is 0 Å². The van der Waals surface area contributed by atoms with E-state index in [1.807, 2.05) is 0 Å². The first-order valence-electron chi connectivity index (χ1n) is 7.94. The first-order chi connectivity index (χ1) is 12.8. The van der Waals surface area contributed by atoms with Gasteiger partial charge >= 0.3 is 0 Å². The SMILES string of the molecule is O=C(CN1C(=O)CCS(=O)(=O)c2ccccc21)Nc1cccc([N+](=O)[O-])c1. The molecule has 1 N–H and O–H groups in total. The number of fused-ring (bicyclic) bond motifs is 1. The number of anilines is 2. The Morgan fingerprint density at radius 1 is 1.19 bits per heavy atom. The maximum absolute atomic E-state index is 12.4. The standard InChI is InChI=1S/C17H15N3O6S/c21-16(18-12-4-3-5-13(10-12)20(23)24)11-19-14-6-1-2-7-15(14)27(25,26)9-8-17(19)22/h1-7,10H,8-9,11H2,(H,18,21). The molecule has 0 saturated carbocycles. The number of carbonyl (C=O) groups excluding carboxylic acids is 2. The molecule has 0 unspecified atom stereocenters. The molecule has 0 radical (unpaired) electrons. The lowest BCUT2D eigenvalue weighted by Crippen LogP contribution is -2.37. The lowest BCUT2D eigenvalue weighted by atomic mass is 10.2. The van der Waals surface area contributed by atoms with E-state index >= 15 is 0 Å². The Kier molecular flexibility index (Phi) is 4.91. The average molecular weight is 389 g/mol. The van der Waals surface area contributed by atoms with E-state index in [-0.39, 0.29) is 34.1 Å². The summed E-state index contributed by atoms with van der Waals surface area (Å²) < 4.78 is 24.6. The van der Waals surface area contributed by atoms with Crippen molar-refractivity contribution >= 4 is 38.7 Å². The summed E-state index contributed by atoms with van der Waals surface area (Å²) in [6.07, 6.45) is -0.235. The predicted octanol–water partition coefficient (Wildman–Crippen LogP) is 1.74. The fourth-order valence-corrected chi connectivity index (χ4v) is 4.20. The van der Waals surface area contributed by atoms with Gasteiger partial charge in [-0.05, 0) is 18.2 Å². The van der Waals surface area contributed by atoms with Crippen LogP contribution in [0.3, 0.4) is 0 Å². The van der Waals surface area contributed by atoms with Crippen molar-refractivity contribution in [2.75, 3.05) is 22.5 Å². The Balaban J connectivity index is 1.85. The molecule has 0 spiro atoms. The van der Waals surface area contributed by atoms with Crippen molar-refractivity contribution < 1.29 is 22.9 Å². The van der Waals surface area contributed by atoms with E-state index in [0.29, 0.717) is 0 Å². The van der Waals surface area contributed by atoms with Crippen LogP contribution in [0.15, 0.2) is 53.4 Å². The molecule has 9 nitrogen and oxygen atoms in total. The molecule has 2 aromatic carbocycles. The quantitative estimate of drug-likeness (QED) is 0.627. The maximum atomic E-state index is 12.4. The Labute approximate surface area is 154 Å². The van der Waals surface area contributed by atoms with Crippen molar-refractivity contribution in [3.05, 3.63) is 58.6 Å². The Bertz CT molecular complexity index is 1030. The number of hydrogen-bond donors (Lipinski definition) is 1. The van der Waals surface area contributed by atoms with Crippen LogP contribution in [0.1, 0.15) is 6.42 Å². The second-order valence-corrected chi connectivity index (χ2v) is 7.95. The molecule has 0 bridgehead atoms. The molecule has 0 aromatic heterocycles. The average Bonchev–Trinajstić information content (AvgIpc) is 2.72. The molecule has 140 valence electrons. The van der Waals surface area contributed by atoms with E-state index < -0.39 is 33.1 Å². The minimum Gasteiger partial charge on any atom is -0.324 e. The predicted molar refractivity (Wildman–Crippen MR) is 97.2 cm³/mol. The first-order valence-corrected chi connectivity index (χ1v) is 9.59. The number of rotatable bonds is 4. The smallest absolute Gasteiger partial charge is 0.271 e. The van der Waals surface area contributed by atoms with Crippen molar-refractivity contribution in [2.45, 2.75) is 11.3 Å². The summed E-state index contributed by atoms with van der Waals surface area (Å²) in [5, 5.41) is 13.3. The van der Waals surface area contributed by atoms with Gasteiger partial charge in [0, 0.05) is 24.2 Å². The van der Waals surface area contributed by atoms with E-state index in [9.17, 15) is 28.1 Å². The van der Waals surface area contributed by atoms with Crippen LogP contribution < -0.4 is 10.2 Å². The Morgan fingerprint density at radius 3 is 2.67 bits per heavy atom. The zero-order valence-corrected chi connectivity index (χ0v) is 14.8. The molecular formula is C17H15N3O6S. The number of nitrogens with one attached hydrogen (secondary N) is 1. The van der Waals surface area contributed by atoms with Crippen LogP contribution in [-0.2, 0) is 19.4 Å². The fourth-order valence-electron chi connectivity index (χ4n) is 2.76. The second-order valence-electron chi connectivity index (χ2n) is 5.87. The van der Waals surface area contributed by atoms with Crippen molar-refractivity contribution in [1.29, 1.82) is 0 Å². The number of benzene rings is 2. The third kappa shape index (κ3) is 3.95. The largest absolute Gasteiger partial charge is 0.324 e. The summed E-state index contributed by atoms with van der Waals surface area (Å²) in [5.74, 6) is -1.41. The summed E-state index contributed by atoms with van der Waals surface area (Å²) in [6.45, 7) is -0.409. The number of para-hydroxylation sites is 1. The Hall–Kier alpha value is -3.27. The zero-order chi connectivity index (χ0) is 19.6. The highest BCUT2D eigenvalue weighted by molar-refractivity contribution is 7.91. The Morgan fingerprint density at radius 2 is 1.93 bits per heavy atom. The number of nitrogens with zero attached hydrogens (tertiary/aromatic N) is 2. The van der Waals surface area contributed by atoms with E-state index in [0.717, 1.165) is 4.90 Å². The second kappa shape index (κ2) is 7.16. The van der Waals surface area contributed by atoms with Crippen LogP contribution in [0.25, 0.3) is 0 Å². The molecule has 0 fully saturated rings. The molecule has 1 heterocycles. The summed E-state index contributed by atoms with van der Waals surface area (Å²) >= 11 is 0. The minimum absolute atomic E-state index is 0.000927. The van der Waals surface area contributed by atoms with Gasteiger partial charge in [0.1, 0.15) is 6.54 Å². The number of carbonyl (C=O) groups is 2. The zero-order valence-electron chi connectivity index (χ0n) is 14.0. The third-order valence-electron chi connectivity index (χ3n) is 4.02. The van der Waals surface area contributed by atoms with Gasteiger partial charge in [-0.25, -0.2) is 8.42 Å². The van der Waals surface area contributed by atoms with Crippen molar-refractivity contribution in [1.82, 2.24) is 0 Å². The van der Waals surface area contributed by atoms with Gasteiger partial charge in [-0.1, -0.05) is 18.2 Å². The van der Waals surface area contributed by atoms with Crippen molar-refractivity contribution in [2.24, 2.45) is 0 Å². The summed E-state index contributed by atoms with van der Waals surface area (Å²) in [7, 11) is -3.62. The van der Waals surface area contributed by atoms with Crippen LogP contribution in [0.5, 0.6) is 0 Å². The normalized spacial score (nSPS) is 15.6. The fraction of sp³-hybridized carbons (Fsp3) is 0.176. The molecular weight excluding hydrogens is 374 g/mol. The third-order valence-corrected chi connectivity index (χ3v) is 5.78. The number of non-ortho nitro benzene ring substituents is 1. The highest BCUT2D eigenvalue weighted by atomic mass is 32.2. The van der Waals surface area contributed by atoms with Gasteiger partial charge in [0.15, 0.2) is 9.84 Å². The topological polar surface area (TPSA) is 127 Å². The lowest BCUT2D eigenvalue weighted by Gasteiger charge is -2.21. The monoisotopic (exact) mass is 389 g/mol. The summed E-state index contributed by atoms with van der Waals surface area (Å²) in [5.41, 5.74) is 0.168. The van der Waals surface area contributed by atoms with Gasteiger partial charge in [-0.3, -0.25) is 19.7 Å². The van der Waals surface area contributed by atoms with E-state index in [4.69, 9.17) is 0 Å². The van der Waals surface area contributed by atoms with Gasteiger partial charge in [0.25, 0.3) is 5.69 Å². The molecule has 2 aromatic rings. The van der Waals surface area contributed by atoms with Crippen LogP contribution in [0, 0.1) is 10.1 Å². The van der Waals surface area contributed by atoms with Crippen molar-refractivity contribution in [3.8, 4) is 0 Å². The van der Waals surface area contributed by atoms with Crippen LogP contribution in [-0.4, -0.2) is 37.5 Å².